The van der Waals surface area contributed by atoms with E-state index in [0.29, 0.717) is 11.1 Å². The highest BCUT2D eigenvalue weighted by Crippen LogP contribution is 2.18. The van der Waals surface area contributed by atoms with Gasteiger partial charge in [0.1, 0.15) is 23.3 Å². The highest BCUT2D eigenvalue weighted by Gasteiger charge is 2.06. The minimum Gasteiger partial charge on any atom is -0.207 e. The molecule has 3 rings (SSSR count). The van der Waals surface area contributed by atoms with Crippen molar-refractivity contribution in [3.63, 3.8) is 0 Å². The Hall–Kier alpha value is -3.14. The maximum Gasteiger partial charge on any atom is 0.129 e. The standard InChI is InChI=1S/C24H18F4/c1-15-21(25)11-19(12-22(15)26)9-7-17-3-5-18(6-4-17)8-10-20-13-23(27)16(2)24(28)14-20/h3-14H,1-2H3. The minimum absolute atomic E-state index is 0.00151. The van der Waals surface area contributed by atoms with Gasteiger partial charge in [0.05, 0.1) is 0 Å². The average Bonchev–Trinajstić information content (AvgIpc) is 2.67. The van der Waals surface area contributed by atoms with Crippen LogP contribution in [0.2, 0.25) is 0 Å². The third-order valence-electron chi connectivity index (χ3n) is 4.48. The summed E-state index contributed by atoms with van der Waals surface area (Å²) in [5, 5.41) is 0. The molecule has 0 nitrogen and oxygen atoms in total. The number of halogens is 4. The molecule has 3 aromatic rings. The lowest BCUT2D eigenvalue weighted by molar-refractivity contribution is 0.567. The summed E-state index contributed by atoms with van der Waals surface area (Å²) in [5.41, 5.74) is 2.58. The van der Waals surface area contributed by atoms with Crippen molar-refractivity contribution in [3.05, 3.63) is 105 Å². The lowest BCUT2D eigenvalue weighted by Gasteiger charge is -2.02. The van der Waals surface area contributed by atoms with Gasteiger partial charge in [-0.3, -0.25) is 0 Å². The smallest absolute Gasteiger partial charge is 0.129 e. The zero-order chi connectivity index (χ0) is 20.3. The van der Waals surface area contributed by atoms with Crippen LogP contribution in [0.1, 0.15) is 33.4 Å². The fraction of sp³-hybridized carbons (Fsp3) is 0.0833. The average molecular weight is 382 g/mol. The third kappa shape index (κ3) is 4.58. The van der Waals surface area contributed by atoms with Crippen molar-refractivity contribution in [1.82, 2.24) is 0 Å². The van der Waals surface area contributed by atoms with Crippen LogP contribution in [0.3, 0.4) is 0 Å². The van der Waals surface area contributed by atoms with Crippen molar-refractivity contribution < 1.29 is 17.6 Å². The summed E-state index contributed by atoms with van der Waals surface area (Å²) in [6.07, 6.45) is 6.77. The Morgan fingerprint density at radius 1 is 0.464 bits per heavy atom. The molecule has 0 heterocycles. The highest BCUT2D eigenvalue weighted by atomic mass is 19.1. The number of hydrogen-bond donors (Lipinski definition) is 0. The third-order valence-corrected chi connectivity index (χ3v) is 4.48. The SMILES string of the molecule is Cc1c(F)cc(C=Cc2ccc(C=Cc3cc(F)c(C)c(F)c3)cc2)cc1F. The maximum atomic E-state index is 13.6. The summed E-state index contributed by atoms with van der Waals surface area (Å²) in [7, 11) is 0. The minimum atomic E-state index is -0.580. The lowest BCUT2D eigenvalue weighted by Crippen LogP contribution is -1.89. The molecule has 142 valence electrons. The molecule has 0 amide bonds. The Balaban J connectivity index is 1.73. The Labute approximate surface area is 161 Å². The predicted molar refractivity (Wildman–Crippen MR) is 106 cm³/mol. The van der Waals surface area contributed by atoms with Crippen LogP contribution in [0, 0.1) is 37.1 Å². The summed E-state index contributed by atoms with van der Waals surface area (Å²) < 4.78 is 54.3. The molecule has 0 bridgehead atoms. The van der Waals surface area contributed by atoms with Gasteiger partial charge in [-0.05, 0) is 60.4 Å². The molecule has 0 saturated heterocycles. The molecule has 0 aliphatic rings. The first kappa shape index (κ1) is 19.6. The summed E-state index contributed by atoms with van der Waals surface area (Å²) in [6.45, 7) is 2.79. The highest BCUT2D eigenvalue weighted by molar-refractivity contribution is 5.73. The van der Waals surface area contributed by atoms with E-state index < -0.39 is 23.3 Å². The van der Waals surface area contributed by atoms with E-state index in [9.17, 15) is 17.6 Å². The van der Waals surface area contributed by atoms with Crippen LogP contribution in [0.5, 0.6) is 0 Å². The van der Waals surface area contributed by atoms with E-state index >= 15 is 0 Å². The monoisotopic (exact) mass is 382 g/mol. The lowest BCUT2D eigenvalue weighted by atomic mass is 10.1. The summed E-state index contributed by atoms with van der Waals surface area (Å²) >= 11 is 0. The summed E-state index contributed by atoms with van der Waals surface area (Å²) in [4.78, 5) is 0. The van der Waals surface area contributed by atoms with Gasteiger partial charge >= 0.3 is 0 Å². The van der Waals surface area contributed by atoms with Crippen LogP contribution in [-0.4, -0.2) is 0 Å². The van der Waals surface area contributed by atoms with Gasteiger partial charge < -0.3 is 0 Å². The van der Waals surface area contributed by atoms with Gasteiger partial charge in [0, 0.05) is 11.1 Å². The van der Waals surface area contributed by atoms with Crippen molar-refractivity contribution in [3.8, 4) is 0 Å². The Morgan fingerprint density at radius 2 is 0.714 bits per heavy atom. The van der Waals surface area contributed by atoms with Crippen LogP contribution < -0.4 is 0 Å². The molecule has 0 atom stereocenters. The second kappa shape index (κ2) is 8.26. The normalized spacial score (nSPS) is 11.6. The van der Waals surface area contributed by atoms with Crippen molar-refractivity contribution in [2.45, 2.75) is 13.8 Å². The van der Waals surface area contributed by atoms with Crippen LogP contribution in [0.15, 0.2) is 48.5 Å². The van der Waals surface area contributed by atoms with Crippen LogP contribution >= 0.6 is 0 Å². The fourth-order valence-electron chi connectivity index (χ4n) is 2.63. The van der Waals surface area contributed by atoms with Crippen molar-refractivity contribution in [2.75, 3.05) is 0 Å². The fourth-order valence-corrected chi connectivity index (χ4v) is 2.63. The molecule has 0 N–H and O–H groups in total. The molecule has 0 saturated carbocycles. The molecular formula is C24H18F4. The second-order valence-corrected chi connectivity index (χ2v) is 6.55. The first-order valence-corrected chi connectivity index (χ1v) is 8.71. The van der Waals surface area contributed by atoms with Crippen LogP contribution in [0.25, 0.3) is 24.3 Å². The van der Waals surface area contributed by atoms with Crippen LogP contribution in [0.4, 0.5) is 17.6 Å². The van der Waals surface area contributed by atoms with Gasteiger partial charge in [0.25, 0.3) is 0 Å². The van der Waals surface area contributed by atoms with Crippen molar-refractivity contribution in [1.29, 1.82) is 0 Å². The predicted octanol–water partition coefficient (Wildman–Crippen LogP) is 7.20. The van der Waals surface area contributed by atoms with Crippen molar-refractivity contribution >= 4 is 24.3 Å². The maximum absolute atomic E-state index is 13.6. The van der Waals surface area contributed by atoms with Crippen molar-refractivity contribution in [2.24, 2.45) is 0 Å². The molecule has 4 heteroatoms. The van der Waals surface area contributed by atoms with Gasteiger partial charge in [-0.1, -0.05) is 48.6 Å². The molecule has 0 fully saturated rings. The van der Waals surface area contributed by atoms with Gasteiger partial charge in [-0.2, -0.15) is 0 Å². The van der Waals surface area contributed by atoms with E-state index in [2.05, 4.69) is 0 Å². The largest absolute Gasteiger partial charge is 0.207 e. The first-order valence-electron chi connectivity index (χ1n) is 8.71. The molecule has 0 spiro atoms. The second-order valence-electron chi connectivity index (χ2n) is 6.55. The van der Waals surface area contributed by atoms with E-state index in [-0.39, 0.29) is 11.1 Å². The molecule has 0 aromatic heterocycles. The quantitative estimate of drug-likeness (QED) is 0.331. The van der Waals surface area contributed by atoms with E-state index in [1.807, 2.05) is 24.3 Å². The number of hydrogen-bond acceptors (Lipinski definition) is 0. The molecule has 0 unspecified atom stereocenters. The van der Waals surface area contributed by atoms with Gasteiger partial charge in [0.2, 0.25) is 0 Å². The van der Waals surface area contributed by atoms with E-state index in [4.69, 9.17) is 0 Å². The Morgan fingerprint density at radius 3 is 1.00 bits per heavy atom. The van der Waals surface area contributed by atoms with Gasteiger partial charge in [0.15, 0.2) is 0 Å². The number of rotatable bonds is 4. The molecule has 28 heavy (non-hydrogen) atoms. The zero-order valence-electron chi connectivity index (χ0n) is 15.4. The topological polar surface area (TPSA) is 0 Å². The zero-order valence-corrected chi connectivity index (χ0v) is 15.4. The Bertz CT molecular complexity index is 928. The number of benzene rings is 3. The van der Waals surface area contributed by atoms with Gasteiger partial charge in [-0.25, -0.2) is 17.6 Å². The molecular weight excluding hydrogens is 364 g/mol. The summed E-state index contributed by atoms with van der Waals surface area (Å²) in [5.74, 6) is -2.32. The summed E-state index contributed by atoms with van der Waals surface area (Å²) in [6, 6.07) is 12.5. The molecule has 3 aromatic carbocycles. The first-order chi connectivity index (χ1) is 13.3. The molecule has 0 aliphatic heterocycles. The van der Waals surface area contributed by atoms with E-state index in [1.54, 1.807) is 24.3 Å². The van der Waals surface area contributed by atoms with E-state index in [0.717, 1.165) is 11.1 Å². The molecule has 0 radical (unpaired) electrons. The van der Waals surface area contributed by atoms with Gasteiger partial charge in [-0.15, -0.1) is 0 Å². The van der Waals surface area contributed by atoms with E-state index in [1.165, 1.54) is 38.1 Å². The Kier molecular flexibility index (Phi) is 5.78. The molecule has 0 aliphatic carbocycles. The van der Waals surface area contributed by atoms with Crippen LogP contribution in [-0.2, 0) is 0 Å².